The molecule has 0 bridgehead atoms. The fourth-order valence-electron chi connectivity index (χ4n) is 1.34. The Bertz CT molecular complexity index is 319. The van der Waals surface area contributed by atoms with E-state index in [1.54, 1.807) is 6.07 Å². The molecule has 4 heteroatoms. The van der Waals surface area contributed by atoms with Crippen molar-refractivity contribution in [3.05, 3.63) is 22.6 Å². The predicted molar refractivity (Wildman–Crippen MR) is 44.1 cm³/mol. The Morgan fingerprint density at radius 3 is 3.25 bits per heavy atom. The summed E-state index contributed by atoms with van der Waals surface area (Å²) in [6.07, 6.45) is 1.11. The Balaban J connectivity index is 2.36. The molecular weight excluding hydrogens is 178 g/mol. The molecule has 64 valence electrons. The highest BCUT2D eigenvalue weighted by atomic mass is 35.5. The second kappa shape index (κ2) is 2.83. The van der Waals surface area contributed by atoms with Crippen LogP contribution in [0.2, 0.25) is 5.22 Å². The van der Waals surface area contributed by atoms with E-state index in [9.17, 15) is 4.79 Å². The predicted octanol–water partition coefficient (Wildman–Crippen LogP) is 1.15. The summed E-state index contributed by atoms with van der Waals surface area (Å²) in [7, 11) is 0. The van der Waals surface area contributed by atoms with Gasteiger partial charge in [0, 0.05) is 18.5 Å². The molecule has 2 heterocycles. The summed E-state index contributed by atoms with van der Waals surface area (Å²) in [5, 5.41) is 3.13. The van der Waals surface area contributed by atoms with Crippen LogP contribution in [0.5, 0.6) is 0 Å². The van der Waals surface area contributed by atoms with Crippen molar-refractivity contribution >= 4 is 17.5 Å². The van der Waals surface area contributed by atoms with Crippen LogP contribution in [0.15, 0.2) is 10.5 Å². The van der Waals surface area contributed by atoms with Gasteiger partial charge >= 0.3 is 0 Å². The largest absolute Gasteiger partial charge is 0.449 e. The second-order valence-electron chi connectivity index (χ2n) is 2.78. The SMILES string of the molecule is O=C1Cc2cc(Cl)oc2CCN1. The maximum absolute atomic E-state index is 11.1. The lowest BCUT2D eigenvalue weighted by Gasteiger charge is -1.95. The van der Waals surface area contributed by atoms with E-state index in [1.807, 2.05) is 0 Å². The van der Waals surface area contributed by atoms with Gasteiger partial charge in [-0.25, -0.2) is 0 Å². The van der Waals surface area contributed by atoms with Crippen LogP contribution in [-0.2, 0) is 17.6 Å². The second-order valence-corrected chi connectivity index (χ2v) is 3.15. The van der Waals surface area contributed by atoms with E-state index in [-0.39, 0.29) is 5.91 Å². The number of amides is 1. The molecule has 0 spiro atoms. The summed E-state index contributed by atoms with van der Waals surface area (Å²) in [5.41, 5.74) is 0.912. The highest BCUT2D eigenvalue weighted by molar-refractivity contribution is 6.29. The van der Waals surface area contributed by atoms with Gasteiger partial charge in [-0.3, -0.25) is 4.79 Å². The van der Waals surface area contributed by atoms with E-state index < -0.39 is 0 Å². The van der Waals surface area contributed by atoms with Gasteiger partial charge in [-0.1, -0.05) is 0 Å². The third kappa shape index (κ3) is 1.32. The minimum absolute atomic E-state index is 0.0335. The molecule has 0 fully saturated rings. The minimum atomic E-state index is 0.0335. The van der Waals surface area contributed by atoms with E-state index in [0.29, 0.717) is 18.2 Å². The molecule has 0 atom stereocenters. The smallest absolute Gasteiger partial charge is 0.224 e. The Morgan fingerprint density at radius 1 is 1.58 bits per heavy atom. The monoisotopic (exact) mass is 185 g/mol. The molecule has 0 saturated carbocycles. The summed E-state index contributed by atoms with van der Waals surface area (Å²) in [4.78, 5) is 11.1. The molecule has 1 aromatic rings. The van der Waals surface area contributed by atoms with Crippen molar-refractivity contribution in [1.82, 2.24) is 5.32 Å². The first kappa shape index (κ1) is 7.68. The lowest BCUT2D eigenvalue weighted by atomic mass is 10.2. The van der Waals surface area contributed by atoms with Gasteiger partial charge in [0.15, 0.2) is 5.22 Å². The van der Waals surface area contributed by atoms with E-state index in [1.165, 1.54) is 0 Å². The lowest BCUT2D eigenvalue weighted by molar-refractivity contribution is -0.120. The van der Waals surface area contributed by atoms with Gasteiger partial charge < -0.3 is 9.73 Å². The molecule has 0 radical (unpaired) electrons. The average Bonchev–Trinajstić information content (AvgIpc) is 2.23. The highest BCUT2D eigenvalue weighted by Gasteiger charge is 2.16. The standard InChI is InChI=1S/C8H8ClNO2/c9-7-3-5-4-8(11)10-2-1-6(5)12-7/h3H,1-2,4H2,(H,10,11). The summed E-state index contributed by atoms with van der Waals surface area (Å²) in [6, 6.07) is 1.71. The van der Waals surface area contributed by atoms with Crippen molar-refractivity contribution in [1.29, 1.82) is 0 Å². The van der Waals surface area contributed by atoms with E-state index in [4.69, 9.17) is 16.0 Å². The number of rotatable bonds is 0. The van der Waals surface area contributed by atoms with Crippen molar-refractivity contribution in [2.24, 2.45) is 0 Å². The molecule has 0 saturated heterocycles. The molecule has 1 amide bonds. The molecule has 12 heavy (non-hydrogen) atoms. The molecule has 1 aliphatic heterocycles. The quantitative estimate of drug-likeness (QED) is 0.659. The summed E-state index contributed by atoms with van der Waals surface area (Å²) in [5.74, 6) is 0.865. The molecule has 2 rings (SSSR count). The molecule has 1 aliphatic rings. The zero-order valence-corrected chi connectivity index (χ0v) is 7.15. The number of furan rings is 1. The number of hydrogen-bond acceptors (Lipinski definition) is 2. The van der Waals surface area contributed by atoms with Crippen LogP contribution < -0.4 is 5.32 Å². The lowest BCUT2D eigenvalue weighted by Crippen LogP contribution is -2.24. The molecule has 0 unspecified atom stereocenters. The Kier molecular flexibility index (Phi) is 1.81. The van der Waals surface area contributed by atoms with E-state index in [2.05, 4.69) is 5.32 Å². The van der Waals surface area contributed by atoms with Gasteiger partial charge in [0.05, 0.1) is 6.42 Å². The van der Waals surface area contributed by atoms with Crippen molar-refractivity contribution in [2.45, 2.75) is 12.8 Å². The number of carbonyl (C=O) groups excluding carboxylic acids is 1. The first-order valence-corrected chi connectivity index (χ1v) is 4.17. The van der Waals surface area contributed by atoms with Crippen LogP contribution in [0, 0.1) is 0 Å². The van der Waals surface area contributed by atoms with Crippen LogP contribution in [0.4, 0.5) is 0 Å². The Morgan fingerprint density at radius 2 is 2.42 bits per heavy atom. The number of carbonyl (C=O) groups is 1. The number of hydrogen-bond donors (Lipinski definition) is 1. The topological polar surface area (TPSA) is 42.2 Å². The first-order chi connectivity index (χ1) is 5.75. The Hall–Kier alpha value is -0.960. The normalized spacial score (nSPS) is 16.6. The number of nitrogens with one attached hydrogen (secondary N) is 1. The van der Waals surface area contributed by atoms with Gasteiger partial charge in [-0.05, 0) is 17.7 Å². The molecule has 0 aliphatic carbocycles. The zero-order chi connectivity index (χ0) is 8.55. The van der Waals surface area contributed by atoms with E-state index >= 15 is 0 Å². The Labute approximate surface area is 74.7 Å². The third-order valence-electron chi connectivity index (χ3n) is 1.89. The van der Waals surface area contributed by atoms with Gasteiger partial charge in [0.1, 0.15) is 5.76 Å². The van der Waals surface area contributed by atoms with Crippen LogP contribution in [-0.4, -0.2) is 12.5 Å². The third-order valence-corrected chi connectivity index (χ3v) is 2.08. The van der Waals surface area contributed by atoms with Crippen molar-refractivity contribution in [2.75, 3.05) is 6.54 Å². The van der Waals surface area contributed by atoms with Crippen molar-refractivity contribution in [3.63, 3.8) is 0 Å². The van der Waals surface area contributed by atoms with Crippen LogP contribution >= 0.6 is 11.6 Å². The van der Waals surface area contributed by atoms with Gasteiger partial charge in [-0.15, -0.1) is 0 Å². The van der Waals surface area contributed by atoms with Crippen molar-refractivity contribution < 1.29 is 9.21 Å². The van der Waals surface area contributed by atoms with Gasteiger partial charge in [0.25, 0.3) is 0 Å². The summed E-state index contributed by atoms with van der Waals surface area (Å²) in [6.45, 7) is 0.635. The minimum Gasteiger partial charge on any atom is -0.449 e. The molecule has 1 aromatic heterocycles. The van der Waals surface area contributed by atoms with Crippen molar-refractivity contribution in [3.8, 4) is 0 Å². The van der Waals surface area contributed by atoms with Gasteiger partial charge in [-0.2, -0.15) is 0 Å². The summed E-state index contributed by atoms with van der Waals surface area (Å²) < 4.78 is 5.21. The van der Waals surface area contributed by atoms with E-state index in [0.717, 1.165) is 17.7 Å². The number of halogens is 1. The molecule has 3 nitrogen and oxygen atoms in total. The van der Waals surface area contributed by atoms with Crippen LogP contribution in [0.25, 0.3) is 0 Å². The average molecular weight is 186 g/mol. The number of fused-ring (bicyclic) bond motifs is 1. The van der Waals surface area contributed by atoms with Gasteiger partial charge in [0.2, 0.25) is 5.91 Å². The maximum atomic E-state index is 11.1. The molecule has 0 aromatic carbocycles. The van der Waals surface area contributed by atoms with Crippen LogP contribution in [0.1, 0.15) is 11.3 Å². The first-order valence-electron chi connectivity index (χ1n) is 3.79. The zero-order valence-electron chi connectivity index (χ0n) is 6.39. The molecule has 1 N–H and O–H groups in total. The molecular formula is C8H8ClNO2. The fourth-order valence-corrected chi connectivity index (χ4v) is 1.57. The highest BCUT2D eigenvalue weighted by Crippen LogP contribution is 2.21. The maximum Gasteiger partial charge on any atom is 0.224 e. The van der Waals surface area contributed by atoms with Crippen LogP contribution in [0.3, 0.4) is 0 Å². The fraction of sp³-hybridized carbons (Fsp3) is 0.375. The summed E-state index contributed by atoms with van der Waals surface area (Å²) >= 11 is 5.65.